The largest absolute Gasteiger partial charge is 0.491 e. The lowest BCUT2D eigenvalue weighted by Gasteiger charge is -2.20. The van der Waals surface area contributed by atoms with E-state index in [0.717, 1.165) is 52.5 Å². The number of rotatable bonds is 8. The second-order valence-corrected chi connectivity index (χ2v) is 7.69. The fourth-order valence-corrected chi connectivity index (χ4v) is 3.99. The van der Waals surface area contributed by atoms with Gasteiger partial charge in [-0.15, -0.1) is 0 Å². The number of benzene rings is 1. The van der Waals surface area contributed by atoms with Crippen LogP contribution in [0.4, 0.5) is 0 Å². The Labute approximate surface area is 186 Å². The zero-order valence-electron chi connectivity index (χ0n) is 18.2. The van der Waals surface area contributed by atoms with Crippen LogP contribution in [0.3, 0.4) is 0 Å². The van der Waals surface area contributed by atoms with Crippen LogP contribution in [0.2, 0.25) is 0 Å². The molecule has 2 atom stereocenters. The van der Waals surface area contributed by atoms with Gasteiger partial charge in [-0.2, -0.15) is 0 Å². The van der Waals surface area contributed by atoms with Gasteiger partial charge in [0.25, 0.3) is 0 Å². The third-order valence-corrected chi connectivity index (χ3v) is 5.67. The molecule has 1 N–H and O–H groups in total. The number of methoxy groups -OCH3 is 2. The third-order valence-electron chi connectivity index (χ3n) is 5.67. The van der Waals surface area contributed by atoms with Crippen molar-refractivity contribution < 1.29 is 18.9 Å². The first-order valence-electron chi connectivity index (χ1n) is 10.7. The molecule has 8 heteroatoms. The van der Waals surface area contributed by atoms with E-state index in [1.165, 1.54) is 0 Å². The Morgan fingerprint density at radius 1 is 1.06 bits per heavy atom. The monoisotopic (exact) mass is 434 g/mol. The summed E-state index contributed by atoms with van der Waals surface area (Å²) in [6.45, 7) is 2.56. The SMILES string of the molecule is COCCOc1ccn2c(-c3ccc4cccc(OC5CNCC5OC)c4n3)cnc2c1. The van der Waals surface area contributed by atoms with Crippen LogP contribution < -0.4 is 14.8 Å². The fourth-order valence-electron chi connectivity index (χ4n) is 3.99. The highest BCUT2D eigenvalue weighted by Gasteiger charge is 2.29. The molecule has 4 aromatic rings. The molecule has 4 heterocycles. The molecule has 0 spiro atoms. The molecule has 1 saturated heterocycles. The van der Waals surface area contributed by atoms with Gasteiger partial charge >= 0.3 is 0 Å². The minimum Gasteiger partial charge on any atom is -0.491 e. The van der Waals surface area contributed by atoms with E-state index in [-0.39, 0.29) is 12.2 Å². The number of fused-ring (bicyclic) bond motifs is 2. The summed E-state index contributed by atoms with van der Waals surface area (Å²) in [5, 5.41) is 4.34. The summed E-state index contributed by atoms with van der Waals surface area (Å²) in [4.78, 5) is 9.50. The van der Waals surface area contributed by atoms with Crippen LogP contribution in [0.1, 0.15) is 0 Å². The average Bonchev–Trinajstić information content (AvgIpc) is 3.45. The van der Waals surface area contributed by atoms with E-state index in [4.69, 9.17) is 23.9 Å². The average molecular weight is 434 g/mol. The van der Waals surface area contributed by atoms with E-state index >= 15 is 0 Å². The number of pyridine rings is 2. The zero-order chi connectivity index (χ0) is 21.9. The van der Waals surface area contributed by atoms with Crippen LogP contribution in [0.5, 0.6) is 11.5 Å². The predicted octanol–water partition coefficient (Wildman–Crippen LogP) is 2.94. The maximum atomic E-state index is 6.32. The molecule has 0 aliphatic carbocycles. The zero-order valence-corrected chi connectivity index (χ0v) is 18.2. The van der Waals surface area contributed by atoms with Crippen molar-refractivity contribution in [3.8, 4) is 22.9 Å². The lowest BCUT2D eigenvalue weighted by Crippen LogP contribution is -2.31. The molecule has 32 heavy (non-hydrogen) atoms. The van der Waals surface area contributed by atoms with E-state index < -0.39 is 0 Å². The summed E-state index contributed by atoms with van der Waals surface area (Å²) in [7, 11) is 3.37. The molecule has 3 aromatic heterocycles. The van der Waals surface area contributed by atoms with Crippen molar-refractivity contribution in [3.05, 3.63) is 54.9 Å². The van der Waals surface area contributed by atoms with Gasteiger partial charge in [0.2, 0.25) is 0 Å². The van der Waals surface area contributed by atoms with Crippen LogP contribution in [0.25, 0.3) is 27.9 Å². The van der Waals surface area contributed by atoms with Crippen molar-refractivity contribution in [3.63, 3.8) is 0 Å². The van der Waals surface area contributed by atoms with Gasteiger partial charge in [-0.25, -0.2) is 9.97 Å². The van der Waals surface area contributed by atoms with Crippen LogP contribution >= 0.6 is 0 Å². The van der Waals surface area contributed by atoms with Gasteiger partial charge in [0, 0.05) is 45.0 Å². The first-order valence-corrected chi connectivity index (χ1v) is 10.7. The normalized spacial score (nSPS) is 18.4. The first kappa shape index (κ1) is 20.7. The second-order valence-electron chi connectivity index (χ2n) is 7.69. The smallest absolute Gasteiger partial charge is 0.146 e. The van der Waals surface area contributed by atoms with Crippen molar-refractivity contribution in [1.29, 1.82) is 0 Å². The number of nitrogens with zero attached hydrogens (tertiary/aromatic N) is 3. The summed E-state index contributed by atoms with van der Waals surface area (Å²) < 4.78 is 24.6. The summed E-state index contributed by atoms with van der Waals surface area (Å²) in [5.74, 6) is 1.51. The standard InChI is InChI=1S/C24H26N4O4/c1-29-10-11-31-17-8-9-28-19(13-26-23(28)12-17)18-7-6-16-4-3-5-20(24(16)27-18)32-22-15-25-14-21(22)30-2/h3-9,12-13,21-22,25H,10-11,14-15H2,1-2H3. The summed E-state index contributed by atoms with van der Waals surface area (Å²) in [6.07, 6.45) is 3.74. The predicted molar refractivity (Wildman–Crippen MR) is 121 cm³/mol. The van der Waals surface area contributed by atoms with Crippen molar-refractivity contribution >= 4 is 16.6 Å². The van der Waals surface area contributed by atoms with E-state index in [2.05, 4.69) is 16.4 Å². The minimum atomic E-state index is -0.0524. The molecule has 1 aliphatic rings. The van der Waals surface area contributed by atoms with Gasteiger partial charge < -0.3 is 24.3 Å². The Bertz CT molecular complexity index is 1230. The fraction of sp³-hybridized carbons (Fsp3) is 0.333. The summed E-state index contributed by atoms with van der Waals surface area (Å²) in [6, 6.07) is 13.9. The van der Waals surface area contributed by atoms with E-state index in [0.29, 0.717) is 13.2 Å². The van der Waals surface area contributed by atoms with E-state index in [1.807, 2.05) is 53.2 Å². The highest BCUT2D eigenvalue weighted by molar-refractivity contribution is 5.86. The molecule has 0 radical (unpaired) electrons. The molecule has 1 aromatic carbocycles. The molecular weight excluding hydrogens is 408 g/mol. The molecule has 2 unspecified atom stereocenters. The van der Waals surface area contributed by atoms with Crippen molar-refractivity contribution in [1.82, 2.24) is 19.7 Å². The summed E-state index contributed by atoms with van der Waals surface area (Å²) >= 11 is 0. The molecule has 0 saturated carbocycles. The Hall–Kier alpha value is -3.20. The number of hydrogen-bond donors (Lipinski definition) is 1. The van der Waals surface area contributed by atoms with Gasteiger partial charge in [0.05, 0.1) is 24.2 Å². The molecule has 5 rings (SSSR count). The van der Waals surface area contributed by atoms with Crippen molar-refractivity contribution in [2.75, 3.05) is 40.5 Å². The number of ether oxygens (including phenoxy) is 4. The number of para-hydroxylation sites is 1. The number of imidazole rings is 1. The van der Waals surface area contributed by atoms with Crippen LogP contribution in [-0.4, -0.2) is 67.1 Å². The lowest BCUT2D eigenvalue weighted by atomic mass is 10.1. The quantitative estimate of drug-likeness (QED) is 0.427. The van der Waals surface area contributed by atoms with Gasteiger partial charge in [-0.05, 0) is 18.2 Å². The maximum Gasteiger partial charge on any atom is 0.146 e. The highest BCUT2D eigenvalue weighted by atomic mass is 16.5. The lowest BCUT2D eigenvalue weighted by molar-refractivity contribution is 0.0352. The Balaban J connectivity index is 1.47. The van der Waals surface area contributed by atoms with Crippen molar-refractivity contribution in [2.24, 2.45) is 0 Å². The van der Waals surface area contributed by atoms with Crippen molar-refractivity contribution in [2.45, 2.75) is 12.2 Å². The number of hydrogen-bond acceptors (Lipinski definition) is 7. The third kappa shape index (κ3) is 4.00. The Morgan fingerprint density at radius 2 is 1.97 bits per heavy atom. The van der Waals surface area contributed by atoms with Gasteiger partial charge in [-0.3, -0.25) is 4.40 Å². The van der Waals surface area contributed by atoms with Crippen LogP contribution in [0, 0.1) is 0 Å². The maximum absolute atomic E-state index is 6.32. The molecule has 166 valence electrons. The second kappa shape index (κ2) is 9.12. The number of aromatic nitrogens is 3. The van der Waals surface area contributed by atoms with Crippen LogP contribution in [0.15, 0.2) is 54.9 Å². The van der Waals surface area contributed by atoms with E-state index in [1.54, 1.807) is 14.2 Å². The molecule has 0 amide bonds. The van der Waals surface area contributed by atoms with Gasteiger partial charge in [0.15, 0.2) is 0 Å². The van der Waals surface area contributed by atoms with Crippen LogP contribution in [-0.2, 0) is 9.47 Å². The molecular formula is C24H26N4O4. The Morgan fingerprint density at radius 3 is 2.84 bits per heavy atom. The Kier molecular flexibility index (Phi) is 5.89. The topological polar surface area (TPSA) is 79.1 Å². The molecule has 8 nitrogen and oxygen atoms in total. The first-order chi connectivity index (χ1) is 15.8. The van der Waals surface area contributed by atoms with Gasteiger partial charge in [-0.1, -0.05) is 18.2 Å². The molecule has 1 aliphatic heterocycles. The summed E-state index contributed by atoms with van der Waals surface area (Å²) in [5.41, 5.74) is 3.34. The molecule has 1 fully saturated rings. The highest BCUT2D eigenvalue weighted by Crippen LogP contribution is 2.30. The van der Waals surface area contributed by atoms with Gasteiger partial charge in [0.1, 0.15) is 41.5 Å². The van der Waals surface area contributed by atoms with E-state index in [9.17, 15) is 0 Å². The molecule has 0 bridgehead atoms. The minimum absolute atomic E-state index is 0.0208. The number of nitrogens with one attached hydrogen (secondary N) is 1.